The number of aryl methyl sites for hydroxylation is 2. The fraction of sp³-hybridized carbons (Fsp3) is 0.308. The summed E-state index contributed by atoms with van der Waals surface area (Å²) in [6, 6.07) is 5.29. The molecule has 0 saturated heterocycles. The van der Waals surface area contributed by atoms with Crippen LogP contribution in [0, 0.1) is 0 Å². The molecule has 0 aliphatic heterocycles. The van der Waals surface area contributed by atoms with Gasteiger partial charge >= 0.3 is 0 Å². The summed E-state index contributed by atoms with van der Waals surface area (Å²) in [6.07, 6.45) is 3.44. The zero-order valence-corrected chi connectivity index (χ0v) is 11.9. The van der Waals surface area contributed by atoms with E-state index >= 15 is 0 Å². The van der Waals surface area contributed by atoms with Crippen molar-refractivity contribution in [2.75, 3.05) is 0 Å². The lowest BCUT2D eigenvalue weighted by molar-refractivity contribution is 0.834. The van der Waals surface area contributed by atoms with Crippen LogP contribution in [0.1, 0.15) is 33.6 Å². The molecule has 0 fully saturated rings. The molecule has 1 atom stereocenters. The zero-order chi connectivity index (χ0) is 12.7. The Hall–Kier alpha value is -0.610. The first kappa shape index (κ1) is 12.4. The van der Waals surface area contributed by atoms with Gasteiger partial charge in [-0.1, -0.05) is 29.3 Å². The molecular weight excluding hydrogens is 287 g/mol. The highest BCUT2D eigenvalue weighted by Crippen LogP contribution is 2.33. The lowest BCUT2D eigenvalue weighted by Gasteiger charge is -2.10. The molecule has 94 valence electrons. The second-order valence-corrected chi connectivity index (χ2v) is 6.36. The Balaban J connectivity index is 1.93. The highest BCUT2D eigenvalue weighted by atomic mass is 35.5. The van der Waals surface area contributed by atoms with Crippen LogP contribution in [0.5, 0.6) is 0 Å². The van der Waals surface area contributed by atoms with Crippen molar-refractivity contribution in [1.29, 1.82) is 0 Å². The molecule has 1 aliphatic rings. The number of nitrogens with two attached hydrogens (primary N) is 1. The van der Waals surface area contributed by atoms with E-state index in [1.807, 2.05) is 12.1 Å². The average molecular weight is 299 g/mol. The van der Waals surface area contributed by atoms with Crippen LogP contribution in [0.3, 0.4) is 0 Å². The Morgan fingerprint density at radius 1 is 1.22 bits per heavy atom. The van der Waals surface area contributed by atoms with Crippen molar-refractivity contribution >= 4 is 34.5 Å². The third kappa shape index (κ3) is 2.16. The van der Waals surface area contributed by atoms with E-state index in [9.17, 15) is 0 Å². The molecular formula is C13H12Cl2N2S. The maximum Gasteiger partial charge on any atom is 0.114 e. The number of aromatic nitrogens is 1. The summed E-state index contributed by atoms with van der Waals surface area (Å²) in [5, 5.41) is 2.06. The molecule has 3 rings (SSSR count). The highest BCUT2D eigenvalue weighted by molar-refractivity contribution is 7.11. The zero-order valence-electron chi connectivity index (χ0n) is 9.62. The van der Waals surface area contributed by atoms with Crippen LogP contribution in [-0.2, 0) is 12.8 Å². The molecule has 1 heterocycles. The summed E-state index contributed by atoms with van der Waals surface area (Å²) in [5.41, 5.74) is 8.43. The molecule has 2 aromatic rings. The van der Waals surface area contributed by atoms with Crippen molar-refractivity contribution < 1.29 is 0 Å². The van der Waals surface area contributed by atoms with Gasteiger partial charge in [0, 0.05) is 4.88 Å². The Morgan fingerprint density at radius 2 is 2.06 bits per heavy atom. The number of rotatable bonds is 2. The molecule has 2 nitrogen and oxygen atoms in total. The normalized spacial score (nSPS) is 15.7. The number of hydrogen-bond acceptors (Lipinski definition) is 3. The first-order chi connectivity index (χ1) is 8.65. The molecule has 1 unspecified atom stereocenters. The van der Waals surface area contributed by atoms with Crippen molar-refractivity contribution in [2.45, 2.75) is 25.3 Å². The Bertz CT molecular complexity index is 573. The largest absolute Gasteiger partial charge is 0.318 e. The third-order valence-corrected chi connectivity index (χ3v) is 5.16. The summed E-state index contributed by atoms with van der Waals surface area (Å²) < 4.78 is 0. The summed E-state index contributed by atoms with van der Waals surface area (Å²) in [4.78, 5) is 6.03. The number of hydrogen-bond donors (Lipinski definition) is 1. The third-order valence-electron chi connectivity index (χ3n) is 3.18. The number of nitrogens with zero attached hydrogens (tertiary/aromatic N) is 1. The monoisotopic (exact) mass is 298 g/mol. The van der Waals surface area contributed by atoms with Gasteiger partial charge in [-0.15, -0.1) is 11.3 Å². The topological polar surface area (TPSA) is 38.9 Å². The molecule has 18 heavy (non-hydrogen) atoms. The van der Waals surface area contributed by atoms with Gasteiger partial charge in [0.1, 0.15) is 5.01 Å². The predicted octanol–water partition coefficient (Wildman–Crippen LogP) is 3.99. The molecule has 0 saturated carbocycles. The van der Waals surface area contributed by atoms with E-state index in [0.717, 1.165) is 23.4 Å². The van der Waals surface area contributed by atoms with Gasteiger partial charge in [0.15, 0.2) is 0 Å². The molecule has 2 N–H and O–H groups in total. The van der Waals surface area contributed by atoms with Gasteiger partial charge in [0.05, 0.1) is 21.8 Å². The molecule has 1 aromatic heterocycles. The van der Waals surface area contributed by atoms with E-state index in [-0.39, 0.29) is 6.04 Å². The van der Waals surface area contributed by atoms with Crippen LogP contribution >= 0.6 is 34.5 Å². The van der Waals surface area contributed by atoms with Crippen molar-refractivity contribution in [3.63, 3.8) is 0 Å². The average Bonchev–Trinajstić information content (AvgIpc) is 2.92. The number of fused-ring (bicyclic) bond motifs is 1. The van der Waals surface area contributed by atoms with Gasteiger partial charge in [-0.05, 0) is 37.0 Å². The number of thiazole rings is 1. The van der Waals surface area contributed by atoms with E-state index in [0.29, 0.717) is 10.0 Å². The van der Waals surface area contributed by atoms with Crippen LogP contribution in [0.2, 0.25) is 10.0 Å². The standard InChI is InChI=1S/C13H12Cl2N2S/c14-8-5-4-7(6-9(8)15)12(16)13-17-10-2-1-3-11(10)18-13/h4-6,12H,1-3,16H2. The van der Waals surface area contributed by atoms with Crippen molar-refractivity contribution in [2.24, 2.45) is 5.73 Å². The summed E-state index contributed by atoms with van der Waals surface area (Å²) in [6.45, 7) is 0. The minimum Gasteiger partial charge on any atom is -0.318 e. The minimum atomic E-state index is -0.213. The van der Waals surface area contributed by atoms with Gasteiger partial charge in [0.2, 0.25) is 0 Å². The summed E-state index contributed by atoms with van der Waals surface area (Å²) in [5.74, 6) is 0. The van der Waals surface area contributed by atoms with Gasteiger partial charge in [-0.3, -0.25) is 0 Å². The van der Waals surface area contributed by atoms with Gasteiger partial charge < -0.3 is 5.73 Å². The Morgan fingerprint density at radius 3 is 2.78 bits per heavy atom. The molecule has 0 bridgehead atoms. The van der Waals surface area contributed by atoms with Crippen molar-refractivity contribution in [3.05, 3.63) is 49.4 Å². The maximum absolute atomic E-state index is 6.24. The Labute approximate surface area is 120 Å². The molecule has 0 radical (unpaired) electrons. The lowest BCUT2D eigenvalue weighted by atomic mass is 10.1. The smallest absolute Gasteiger partial charge is 0.114 e. The first-order valence-electron chi connectivity index (χ1n) is 5.84. The quantitative estimate of drug-likeness (QED) is 0.910. The maximum atomic E-state index is 6.24. The van der Waals surface area contributed by atoms with Crippen LogP contribution < -0.4 is 5.73 Å². The number of benzene rings is 1. The van der Waals surface area contributed by atoms with E-state index in [1.165, 1.54) is 17.0 Å². The van der Waals surface area contributed by atoms with Crippen molar-refractivity contribution in [3.8, 4) is 0 Å². The molecule has 0 amide bonds. The SMILES string of the molecule is NC(c1ccc(Cl)c(Cl)c1)c1nc2c(s1)CCC2. The Kier molecular flexibility index (Phi) is 3.32. The second kappa shape index (κ2) is 4.82. The summed E-state index contributed by atoms with van der Waals surface area (Å²) >= 11 is 13.6. The van der Waals surface area contributed by atoms with E-state index < -0.39 is 0 Å². The fourth-order valence-electron chi connectivity index (χ4n) is 2.19. The van der Waals surface area contributed by atoms with E-state index in [2.05, 4.69) is 4.98 Å². The summed E-state index contributed by atoms with van der Waals surface area (Å²) in [7, 11) is 0. The minimum absolute atomic E-state index is 0.213. The van der Waals surface area contributed by atoms with Crippen LogP contribution in [0.15, 0.2) is 18.2 Å². The molecule has 1 aromatic carbocycles. The van der Waals surface area contributed by atoms with E-state index in [4.69, 9.17) is 28.9 Å². The highest BCUT2D eigenvalue weighted by Gasteiger charge is 2.21. The van der Waals surface area contributed by atoms with Crippen LogP contribution in [-0.4, -0.2) is 4.98 Å². The molecule has 1 aliphatic carbocycles. The van der Waals surface area contributed by atoms with Crippen LogP contribution in [0.4, 0.5) is 0 Å². The van der Waals surface area contributed by atoms with Gasteiger partial charge in [-0.25, -0.2) is 4.98 Å². The van der Waals surface area contributed by atoms with Crippen molar-refractivity contribution in [1.82, 2.24) is 4.98 Å². The second-order valence-electron chi connectivity index (χ2n) is 4.43. The fourth-order valence-corrected chi connectivity index (χ4v) is 3.68. The molecule has 5 heteroatoms. The van der Waals surface area contributed by atoms with Gasteiger partial charge in [-0.2, -0.15) is 0 Å². The van der Waals surface area contributed by atoms with Crippen LogP contribution in [0.25, 0.3) is 0 Å². The van der Waals surface area contributed by atoms with E-state index in [1.54, 1.807) is 17.4 Å². The molecule has 0 spiro atoms. The van der Waals surface area contributed by atoms with Gasteiger partial charge in [0.25, 0.3) is 0 Å². The lowest BCUT2D eigenvalue weighted by Crippen LogP contribution is -2.11. The predicted molar refractivity (Wildman–Crippen MR) is 76.6 cm³/mol. The number of halogens is 2. The first-order valence-corrected chi connectivity index (χ1v) is 7.41.